The van der Waals surface area contributed by atoms with E-state index in [2.05, 4.69) is 12.6 Å². The van der Waals surface area contributed by atoms with E-state index in [4.69, 9.17) is 16.3 Å². The summed E-state index contributed by atoms with van der Waals surface area (Å²) in [7, 11) is 2.85. The number of anilines is 1. The van der Waals surface area contributed by atoms with E-state index in [-0.39, 0.29) is 23.1 Å². The van der Waals surface area contributed by atoms with Crippen LogP contribution in [0.3, 0.4) is 0 Å². The van der Waals surface area contributed by atoms with Crippen LogP contribution in [0.5, 0.6) is 5.75 Å². The van der Waals surface area contributed by atoms with Crippen LogP contribution >= 0.6 is 24.2 Å². The predicted octanol–water partition coefficient (Wildman–Crippen LogP) is 2.19. The van der Waals surface area contributed by atoms with Crippen molar-refractivity contribution in [2.75, 3.05) is 25.6 Å². The van der Waals surface area contributed by atoms with E-state index >= 15 is 0 Å². The number of carbonyl (C=O) groups excluding carboxylic acids is 3. The number of hydrogen-bond acceptors (Lipinski definition) is 5. The Labute approximate surface area is 141 Å². The number of carbonyl (C=O) groups is 3. The number of rotatable bonds is 4. The molecule has 0 N–H and O–H groups in total. The second-order valence-electron chi connectivity index (χ2n) is 4.68. The number of ether oxygens (including phenoxy) is 1. The van der Waals surface area contributed by atoms with Crippen molar-refractivity contribution < 1.29 is 23.5 Å². The zero-order chi connectivity index (χ0) is 17.3. The highest BCUT2D eigenvalue weighted by atomic mass is 35.5. The normalized spacial score (nSPS) is 16.1. The predicted molar refractivity (Wildman–Crippen MR) is 84.5 cm³/mol. The van der Waals surface area contributed by atoms with Gasteiger partial charge in [0.15, 0.2) is 11.8 Å². The molecule has 0 bridgehead atoms. The Hall–Kier alpha value is -2.00. The summed E-state index contributed by atoms with van der Waals surface area (Å²) in [5, 5.41) is -0.0845. The maximum Gasteiger partial charge on any atom is 0.334 e. The van der Waals surface area contributed by atoms with Gasteiger partial charge in [-0.2, -0.15) is 0 Å². The maximum atomic E-state index is 14.2. The number of nitrogens with zero attached hydrogens (tertiary/aromatic N) is 3. The number of thiol groups is 1. The highest BCUT2D eigenvalue weighted by Crippen LogP contribution is 2.35. The first-order valence-electron chi connectivity index (χ1n) is 6.36. The standard InChI is InChI=1S/C13H13ClFN3O4S/c1-16-11(20)18(12(21)17(2)13(16)23)9-6-10(22-4-3-19)7(14)5-8(9)15/h3,5-6,13,23H,4H2,1-2H3. The molecular formula is C13H13ClFN3O4S. The lowest BCUT2D eigenvalue weighted by molar-refractivity contribution is -0.109. The first-order valence-corrected chi connectivity index (χ1v) is 7.26. The van der Waals surface area contributed by atoms with Crippen molar-refractivity contribution in [3.05, 3.63) is 23.0 Å². The third kappa shape index (κ3) is 3.06. The number of amides is 4. The van der Waals surface area contributed by atoms with E-state index in [0.717, 1.165) is 21.9 Å². The monoisotopic (exact) mass is 361 g/mol. The number of halogens is 2. The first-order chi connectivity index (χ1) is 10.8. The van der Waals surface area contributed by atoms with Crippen LogP contribution in [0.1, 0.15) is 0 Å². The van der Waals surface area contributed by atoms with Gasteiger partial charge in [0.1, 0.15) is 18.2 Å². The van der Waals surface area contributed by atoms with Crippen molar-refractivity contribution in [3.8, 4) is 5.75 Å². The average molecular weight is 362 g/mol. The molecule has 1 saturated heterocycles. The molecule has 23 heavy (non-hydrogen) atoms. The highest BCUT2D eigenvalue weighted by Gasteiger charge is 2.41. The van der Waals surface area contributed by atoms with Gasteiger partial charge in [-0.1, -0.05) is 11.6 Å². The van der Waals surface area contributed by atoms with Crippen LogP contribution in [0, 0.1) is 5.82 Å². The van der Waals surface area contributed by atoms with Crippen molar-refractivity contribution in [2.24, 2.45) is 0 Å². The maximum absolute atomic E-state index is 14.2. The van der Waals surface area contributed by atoms with Crippen LogP contribution in [0.4, 0.5) is 19.7 Å². The Balaban J connectivity index is 2.49. The summed E-state index contributed by atoms with van der Waals surface area (Å²) in [5.74, 6) is -0.899. The number of imide groups is 1. The van der Waals surface area contributed by atoms with E-state index in [1.54, 1.807) is 0 Å². The zero-order valence-electron chi connectivity index (χ0n) is 12.2. The molecule has 0 aliphatic carbocycles. The summed E-state index contributed by atoms with van der Waals surface area (Å²) >= 11 is 9.96. The van der Waals surface area contributed by atoms with Crippen LogP contribution < -0.4 is 9.64 Å². The molecule has 0 atom stereocenters. The molecule has 7 nitrogen and oxygen atoms in total. The topological polar surface area (TPSA) is 70.2 Å². The second kappa shape index (κ2) is 6.63. The summed E-state index contributed by atoms with van der Waals surface area (Å²) in [4.78, 5) is 38.0. The van der Waals surface area contributed by atoms with Gasteiger partial charge in [0.05, 0.1) is 10.7 Å². The Morgan fingerprint density at radius 2 is 1.87 bits per heavy atom. The van der Waals surface area contributed by atoms with Gasteiger partial charge in [0.2, 0.25) is 0 Å². The van der Waals surface area contributed by atoms with Crippen LogP contribution in [-0.2, 0) is 4.79 Å². The third-order valence-corrected chi connectivity index (χ3v) is 4.22. The quantitative estimate of drug-likeness (QED) is 0.659. The Kier molecular flexibility index (Phi) is 5.00. The van der Waals surface area contributed by atoms with Gasteiger partial charge >= 0.3 is 12.1 Å². The van der Waals surface area contributed by atoms with Gasteiger partial charge in [-0.3, -0.25) is 14.6 Å². The summed E-state index contributed by atoms with van der Waals surface area (Å²) in [6.07, 6.45) is 0.490. The van der Waals surface area contributed by atoms with E-state index in [9.17, 15) is 18.8 Å². The molecule has 2 rings (SSSR count). The van der Waals surface area contributed by atoms with Crippen LogP contribution in [0.15, 0.2) is 12.1 Å². The van der Waals surface area contributed by atoms with Crippen molar-refractivity contribution in [3.63, 3.8) is 0 Å². The molecule has 0 aromatic heterocycles. The number of urea groups is 2. The summed E-state index contributed by atoms with van der Waals surface area (Å²) in [6.45, 7) is -0.300. The molecule has 0 unspecified atom stereocenters. The molecular weight excluding hydrogens is 349 g/mol. The number of hydrogen-bond donors (Lipinski definition) is 1. The SMILES string of the molecule is CN1C(=O)N(c2cc(OCC=O)c(Cl)cc2F)C(=O)N(C)C1S. The Bertz CT molecular complexity index is 653. The molecule has 124 valence electrons. The van der Waals surface area contributed by atoms with Crippen LogP contribution in [-0.4, -0.2) is 54.3 Å². The fourth-order valence-corrected chi connectivity index (χ4v) is 2.39. The molecule has 10 heteroatoms. The lowest BCUT2D eigenvalue weighted by Crippen LogP contribution is -2.62. The summed E-state index contributed by atoms with van der Waals surface area (Å²) in [5.41, 5.74) is -1.10. The van der Waals surface area contributed by atoms with E-state index in [1.165, 1.54) is 14.1 Å². The Morgan fingerprint density at radius 3 is 2.39 bits per heavy atom. The molecule has 1 aromatic rings. The molecule has 1 aliphatic rings. The summed E-state index contributed by atoms with van der Waals surface area (Å²) < 4.78 is 19.3. The molecule has 1 heterocycles. The molecule has 0 radical (unpaired) electrons. The fourth-order valence-electron chi connectivity index (χ4n) is 1.98. The van der Waals surface area contributed by atoms with Crippen molar-refractivity contribution in [2.45, 2.75) is 5.50 Å². The molecule has 1 fully saturated rings. The zero-order valence-corrected chi connectivity index (χ0v) is 13.8. The van der Waals surface area contributed by atoms with Crippen LogP contribution in [0.25, 0.3) is 0 Å². The first kappa shape index (κ1) is 17.4. The minimum absolute atomic E-state index is 0.0194. The minimum atomic E-state index is -0.880. The van der Waals surface area contributed by atoms with Gasteiger partial charge in [-0.05, 0) is 6.07 Å². The lowest BCUT2D eigenvalue weighted by Gasteiger charge is -2.41. The van der Waals surface area contributed by atoms with Gasteiger partial charge in [-0.25, -0.2) is 18.9 Å². The average Bonchev–Trinajstić information content (AvgIpc) is 2.52. The third-order valence-electron chi connectivity index (χ3n) is 3.23. The van der Waals surface area contributed by atoms with E-state index in [1.807, 2.05) is 0 Å². The summed E-state index contributed by atoms with van der Waals surface area (Å²) in [6, 6.07) is 0.494. The van der Waals surface area contributed by atoms with Gasteiger partial charge < -0.3 is 4.74 Å². The fraction of sp³-hybridized carbons (Fsp3) is 0.308. The largest absolute Gasteiger partial charge is 0.485 e. The lowest BCUT2D eigenvalue weighted by atomic mass is 10.2. The van der Waals surface area contributed by atoms with Crippen molar-refractivity contribution in [1.29, 1.82) is 0 Å². The number of benzene rings is 1. The molecule has 0 saturated carbocycles. The van der Waals surface area contributed by atoms with Gasteiger partial charge in [-0.15, -0.1) is 12.6 Å². The molecule has 1 aliphatic heterocycles. The highest BCUT2D eigenvalue weighted by molar-refractivity contribution is 7.80. The van der Waals surface area contributed by atoms with E-state index < -0.39 is 23.4 Å². The van der Waals surface area contributed by atoms with Gasteiger partial charge in [0, 0.05) is 20.2 Å². The van der Waals surface area contributed by atoms with Crippen molar-refractivity contribution >= 4 is 48.3 Å². The molecule has 0 spiro atoms. The van der Waals surface area contributed by atoms with E-state index in [0.29, 0.717) is 11.2 Å². The second-order valence-corrected chi connectivity index (χ2v) is 5.55. The number of aldehydes is 1. The molecule has 4 amide bonds. The minimum Gasteiger partial charge on any atom is -0.485 e. The van der Waals surface area contributed by atoms with Crippen LogP contribution in [0.2, 0.25) is 5.02 Å². The van der Waals surface area contributed by atoms with Gasteiger partial charge in [0.25, 0.3) is 0 Å². The Morgan fingerprint density at radius 1 is 1.30 bits per heavy atom. The van der Waals surface area contributed by atoms with Crippen molar-refractivity contribution in [1.82, 2.24) is 9.80 Å². The smallest absolute Gasteiger partial charge is 0.334 e. The molecule has 1 aromatic carbocycles.